The lowest BCUT2D eigenvalue weighted by Gasteiger charge is -2.20. The van der Waals surface area contributed by atoms with Gasteiger partial charge in [-0.3, -0.25) is 4.79 Å². The normalized spacial score (nSPS) is 24.6. The van der Waals surface area contributed by atoms with E-state index in [2.05, 4.69) is 6.08 Å². The Morgan fingerprint density at radius 3 is 3.30 bits per heavy atom. The molecule has 0 spiro atoms. The summed E-state index contributed by atoms with van der Waals surface area (Å²) in [6.07, 6.45) is 4.45. The number of rotatable bonds is 0. The average molecular weight is 155 g/mol. The van der Waals surface area contributed by atoms with Crippen LogP contribution in [0.4, 0.5) is 0 Å². The molecule has 2 nitrogen and oxygen atoms in total. The number of hydrogen-bond donors (Lipinski definition) is 0. The number of allylic oxidation sites excluding steroid dienone is 1. The van der Waals surface area contributed by atoms with Crippen LogP contribution in [-0.2, 0) is 4.79 Å². The van der Waals surface area contributed by atoms with Crippen molar-refractivity contribution in [3.63, 3.8) is 0 Å². The average Bonchev–Trinajstić information content (AvgIpc) is 2.34. The van der Waals surface area contributed by atoms with E-state index in [0.29, 0.717) is 5.75 Å². The number of fused-ring (bicyclic) bond motifs is 1. The lowest BCUT2D eigenvalue weighted by atomic mass is 10.2. The highest BCUT2D eigenvalue weighted by molar-refractivity contribution is 8.04. The molecule has 0 radical (unpaired) electrons. The van der Waals surface area contributed by atoms with Gasteiger partial charge in [-0.2, -0.15) is 0 Å². The zero-order valence-corrected chi connectivity index (χ0v) is 6.49. The van der Waals surface area contributed by atoms with E-state index >= 15 is 0 Å². The highest BCUT2D eigenvalue weighted by Gasteiger charge is 2.27. The summed E-state index contributed by atoms with van der Waals surface area (Å²) in [6.45, 7) is 0.942. The van der Waals surface area contributed by atoms with E-state index in [1.54, 1.807) is 11.8 Å². The Labute approximate surface area is 64.3 Å². The summed E-state index contributed by atoms with van der Waals surface area (Å²) in [6, 6.07) is 0. The van der Waals surface area contributed by atoms with Crippen LogP contribution in [0, 0.1) is 0 Å². The molecule has 54 valence electrons. The molecule has 2 aliphatic heterocycles. The molecule has 1 fully saturated rings. The van der Waals surface area contributed by atoms with Gasteiger partial charge >= 0.3 is 0 Å². The minimum Gasteiger partial charge on any atom is -0.306 e. The second-order valence-electron chi connectivity index (χ2n) is 2.52. The third-order valence-corrected chi connectivity index (χ3v) is 2.89. The lowest BCUT2D eigenvalue weighted by molar-refractivity contribution is -0.125. The highest BCUT2D eigenvalue weighted by atomic mass is 32.2. The van der Waals surface area contributed by atoms with E-state index in [4.69, 9.17) is 0 Å². The first kappa shape index (κ1) is 6.28. The van der Waals surface area contributed by atoms with Crippen LogP contribution in [0.1, 0.15) is 12.8 Å². The maximum absolute atomic E-state index is 11.1. The summed E-state index contributed by atoms with van der Waals surface area (Å²) in [7, 11) is 0. The summed E-state index contributed by atoms with van der Waals surface area (Å²) in [5, 5.41) is 1.19. The molecule has 2 rings (SSSR count). The van der Waals surface area contributed by atoms with E-state index in [9.17, 15) is 4.79 Å². The van der Waals surface area contributed by atoms with Gasteiger partial charge < -0.3 is 4.90 Å². The quantitative estimate of drug-likeness (QED) is 0.524. The van der Waals surface area contributed by atoms with Gasteiger partial charge in [0, 0.05) is 6.54 Å². The second-order valence-corrected chi connectivity index (χ2v) is 3.51. The number of thioether (sulfide) groups is 1. The number of hydrogen-bond acceptors (Lipinski definition) is 2. The van der Waals surface area contributed by atoms with E-state index in [1.807, 2.05) is 4.90 Å². The Kier molecular flexibility index (Phi) is 1.45. The largest absolute Gasteiger partial charge is 0.306 e. The fourth-order valence-electron chi connectivity index (χ4n) is 1.29. The van der Waals surface area contributed by atoms with Gasteiger partial charge in [0.05, 0.1) is 10.8 Å². The second kappa shape index (κ2) is 2.31. The standard InChI is InChI=1S/C7H9NOS/c9-6-5-10-7-3-1-2-4-8(6)7/h3H,1-2,4-5H2. The molecule has 0 aliphatic carbocycles. The molecule has 1 amide bonds. The van der Waals surface area contributed by atoms with Gasteiger partial charge in [0.1, 0.15) is 0 Å². The molecule has 3 heteroatoms. The molecule has 10 heavy (non-hydrogen) atoms. The maximum atomic E-state index is 11.1. The first-order chi connectivity index (χ1) is 4.88. The van der Waals surface area contributed by atoms with Crippen LogP contribution in [0.5, 0.6) is 0 Å². The Balaban J connectivity index is 2.25. The summed E-state index contributed by atoms with van der Waals surface area (Å²) >= 11 is 1.67. The van der Waals surface area contributed by atoms with E-state index in [-0.39, 0.29) is 5.91 Å². The van der Waals surface area contributed by atoms with Crippen molar-refractivity contribution in [2.45, 2.75) is 12.8 Å². The van der Waals surface area contributed by atoms with Gasteiger partial charge in [0.25, 0.3) is 0 Å². The van der Waals surface area contributed by atoms with Crippen LogP contribution in [-0.4, -0.2) is 23.1 Å². The third kappa shape index (κ3) is 0.850. The van der Waals surface area contributed by atoms with Gasteiger partial charge in [0.2, 0.25) is 5.91 Å². The fourth-order valence-corrected chi connectivity index (χ4v) is 2.31. The molecular formula is C7H9NOS. The number of carbonyl (C=O) groups excluding carboxylic acids is 1. The van der Waals surface area contributed by atoms with Crippen LogP contribution >= 0.6 is 11.8 Å². The smallest absolute Gasteiger partial charge is 0.237 e. The van der Waals surface area contributed by atoms with Crippen LogP contribution < -0.4 is 0 Å². The van der Waals surface area contributed by atoms with Crippen molar-refractivity contribution < 1.29 is 4.79 Å². The molecular weight excluding hydrogens is 146 g/mol. The van der Waals surface area contributed by atoms with Gasteiger partial charge in [-0.15, -0.1) is 0 Å². The molecule has 2 aliphatic rings. The van der Waals surface area contributed by atoms with Gasteiger partial charge in [-0.05, 0) is 12.8 Å². The minimum absolute atomic E-state index is 0.288. The van der Waals surface area contributed by atoms with Crippen molar-refractivity contribution in [3.8, 4) is 0 Å². The molecule has 1 saturated heterocycles. The zero-order chi connectivity index (χ0) is 6.97. The topological polar surface area (TPSA) is 20.3 Å². The Bertz CT molecular complexity index is 200. The predicted octanol–water partition coefficient (Wildman–Crippen LogP) is 1.20. The van der Waals surface area contributed by atoms with Gasteiger partial charge in [-0.25, -0.2) is 0 Å². The monoisotopic (exact) mass is 155 g/mol. The molecule has 0 aromatic heterocycles. The first-order valence-electron chi connectivity index (χ1n) is 3.51. The van der Waals surface area contributed by atoms with Crippen LogP contribution in [0.3, 0.4) is 0 Å². The Morgan fingerprint density at radius 1 is 1.60 bits per heavy atom. The molecule has 0 aromatic rings. The van der Waals surface area contributed by atoms with Gasteiger partial charge in [-0.1, -0.05) is 17.8 Å². The molecule has 0 saturated carbocycles. The highest BCUT2D eigenvalue weighted by Crippen LogP contribution is 2.31. The summed E-state index contributed by atoms with van der Waals surface area (Å²) < 4.78 is 0. The maximum Gasteiger partial charge on any atom is 0.237 e. The summed E-state index contributed by atoms with van der Waals surface area (Å²) in [5.74, 6) is 0.946. The third-order valence-electron chi connectivity index (χ3n) is 1.82. The van der Waals surface area contributed by atoms with E-state index in [0.717, 1.165) is 19.4 Å². The summed E-state index contributed by atoms with van der Waals surface area (Å²) in [4.78, 5) is 13.0. The van der Waals surface area contributed by atoms with Crippen LogP contribution in [0.2, 0.25) is 0 Å². The predicted molar refractivity (Wildman–Crippen MR) is 41.5 cm³/mol. The molecule has 0 bridgehead atoms. The molecule has 0 atom stereocenters. The van der Waals surface area contributed by atoms with Crippen molar-refractivity contribution in [1.29, 1.82) is 0 Å². The Morgan fingerprint density at radius 2 is 2.50 bits per heavy atom. The van der Waals surface area contributed by atoms with Crippen LogP contribution in [0.25, 0.3) is 0 Å². The van der Waals surface area contributed by atoms with E-state index < -0.39 is 0 Å². The minimum atomic E-state index is 0.288. The van der Waals surface area contributed by atoms with Gasteiger partial charge in [0.15, 0.2) is 0 Å². The molecule has 0 aromatic carbocycles. The molecule has 0 N–H and O–H groups in total. The lowest BCUT2D eigenvalue weighted by Crippen LogP contribution is -2.27. The molecule has 2 heterocycles. The van der Waals surface area contributed by atoms with Crippen molar-refractivity contribution in [3.05, 3.63) is 11.1 Å². The fraction of sp³-hybridized carbons (Fsp3) is 0.571. The SMILES string of the molecule is O=C1CSC2=CCCCN12. The summed E-state index contributed by atoms with van der Waals surface area (Å²) in [5.41, 5.74) is 0. The van der Waals surface area contributed by atoms with Crippen molar-refractivity contribution in [2.75, 3.05) is 12.3 Å². The Hall–Kier alpha value is -0.440. The van der Waals surface area contributed by atoms with Crippen LogP contribution in [0.15, 0.2) is 11.1 Å². The number of amides is 1. The van der Waals surface area contributed by atoms with E-state index in [1.165, 1.54) is 5.03 Å². The zero-order valence-electron chi connectivity index (χ0n) is 5.67. The molecule has 0 unspecified atom stereocenters. The first-order valence-corrected chi connectivity index (χ1v) is 4.50. The van der Waals surface area contributed by atoms with Crippen molar-refractivity contribution in [2.24, 2.45) is 0 Å². The number of nitrogens with zero attached hydrogens (tertiary/aromatic N) is 1. The van der Waals surface area contributed by atoms with Crippen molar-refractivity contribution in [1.82, 2.24) is 4.90 Å². The van der Waals surface area contributed by atoms with Crippen molar-refractivity contribution >= 4 is 17.7 Å². The number of carbonyl (C=O) groups is 1.